The molecule has 0 radical (unpaired) electrons. The fraction of sp³-hybridized carbons (Fsp3) is 0.200. The molecule has 7 rings (SSSR count). The maximum atomic E-state index is 11.7. The monoisotopic (exact) mass is 556 g/mol. The number of nitrogens with one attached hydrogen (secondary N) is 2. The van der Waals surface area contributed by atoms with Crippen LogP contribution in [0.4, 0.5) is 11.4 Å². The van der Waals surface area contributed by atoms with E-state index in [0.717, 1.165) is 70.4 Å². The number of fused-ring (bicyclic) bond motifs is 3. The predicted octanol–water partition coefficient (Wildman–Crippen LogP) is 7.21. The summed E-state index contributed by atoms with van der Waals surface area (Å²) in [5.74, 6) is 0.948. The van der Waals surface area contributed by atoms with E-state index in [1.807, 2.05) is 48.9 Å². The largest absolute Gasteiger partial charge is 0.495 e. The summed E-state index contributed by atoms with van der Waals surface area (Å²) in [7, 11) is 1.63. The van der Waals surface area contributed by atoms with Gasteiger partial charge < -0.3 is 15.4 Å². The Bertz CT molecular complexity index is 1780. The van der Waals surface area contributed by atoms with Crippen LogP contribution >= 0.6 is 0 Å². The Kier molecular flexibility index (Phi) is 7.90. The number of carbonyl (C=O) groups is 2. The number of amides is 2. The average molecular weight is 557 g/mol. The van der Waals surface area contributed by atoms with Gasteiger partial charge in [-0.2, -0.15) is 0 Å². The molecule has 5 aromatic rings. The molecule has 210 valence electrons. The number of hydrogen-bond donors (Lipinski definition) is 2. The van der Waals surface area contributed by atoms with Crippen LogP contribution in [0, 0.1) is 0 Å². The summed E-state index contributed by atoms with van der Waals surface area (Å²) in [5.41, 5.74) is 8.64. The van der Waals surface area contributed by atoms with Crippen molar-refractivity contribution in [2.75, 3.05) is 17.7 Å². The van der Waals surface area contributed by atoms with Gasteiger partial charge in [0, 0.05) is 59.3 Å². The fourth-order valence-corrected chi connectivity index (χ4v) is 5.53. The minimum atomic E-state index is 0.0968. The Morgan fingerprint density at radius 1 is 0.643 bits per heavy atom. The molecule has 0 bridgehead atoms. The summed E-state index contributed by atoms with van der Waals surface area (Å²) in [4.78, 5) is 31.7. The van der Waals surface area contributed by atoms with Crippen molar-refractivity contribution in [3.8, 4) is 28.0 Å². The van der Waals surface area contributed by atoms with Crippen LogP contribution in [0.2, 0.25) is 0 Å². The summed E-state index contributed by atoms with van der Waals surface area (Å²) in [6, 6.07) is 22.6. The molecule has 2 aliphatic rings. The number of anilines is 2. The Labute approximate surface area is 245 Å². The third-order valence-corrected chi connectivity index (χ3v) is 7.72. The van der Waals surface area contributed by atoms with E-state index in [1.54, 1.807) is 13.3 Å². The highest BCUT2D eigenvalue weighted by atomic mass is 16.5. The second-order valence-corrected chi connectivity index (χ2v) is 10.6. The normalized spacial score (nSPS) is 14.2. The molecule has 0 unspecified atom stereocenters. The minimum Gasteiger partial charge on any atom is -0.495 e. The molecular weight excluding hydrogens is 524 g/mol. The Morgan fingerprint density at radius 3 is 2.00 bits per heavy atom. The first kappa shape index (κ1) is 27.1. The molecule has 0 saturated carbocycles. The number of aryl methyl sites for hydroxylation is 2. The number of rotatable bonds is 3. The van der Waals surface area contributed by atoms with Gasteiger partial charge in [0.05, 0.1) is 13.3 Å². The molecule has 7 heteroatoms. The van der Waals surface area contributed by atoms with Crippen LogP contribution in [-0.4, -0.2) is 28.9 Å². The predicted molar refractivity (Wildman–Crippen MR) is 167 cm³/mol. The molecule has 0 aliphatic carbocycles. The van der Waals surface area contributed by atoms with Crippen LogP contribution in [0.3, 0.4) is 0 Å². The third kappa shape index (κ3) is 6.00. The van der Waals surface area contributed by atoms with Gasteiger partial charge >= 0.3 is 0 Å². The highest BCUT2D eigenvalue weighted by Gasteiger charge is 2.15. The minimum absolute atomic E-state index is 0.0968. The van der Waals surface area contributed by atoms with E-state index in [9.17, 15) is 9.59 Å². The first-order valence-corrected chi connectivity index (χ1v) is 14.3. The van der Waals surface area contributed by atoms with E-state index in [0.29, 0.717) is 12.8 Å². The molecule has 4 heterocycles. The Morgan fingerprint density at radius 2 is 1.29 bits per heavy atom. The number of methoxy groups -OCH3 is 1. The van der Waals surface area contributed by atoms with Gasteiger partial charge in [0.25, 0.3) is 0 Å². The topological polar surface area (TPSA) is 93.2 Å². The molecular formula is C35H32N4O3. The zero-order chi connectivity index (χ0) is 28.9. The summed E-state index contributed by atoms with van der Waals surface area (Å²) < 4.78 is 5.20. The Balaban J connectivity index is 0.000000151. The van der Waals surface area contributed by atoms with Crippen LogP contribution in [0.1, 0.15) is 36.8 Å². The number of benzene rings is 3. The van der Waals surface area contributed by atoms with Gasteiger partial charge in [-0.05, 0) is 83.7 Å². The highest BCUT2D eigenvalue weighted by Crippen LogP contribution is 2.32. The number of hydrogen-bond acceptors (Lipinski definition) is 5. The van der Waals surface area contributed by atoms with Crippen molar-refractivity contribution in [2.24, 2.45) is 0 Å². The molecule has 2 amide bonds. The second kappa shape index (κ2) is 12.2. The van der Waals surface area contributed by atoms with Gasteiger partial charge in [-0.1, -0.05) is 36.4 Å². The first-order valence-electron chi connectivity index (χ1n) is 14.3. The Hall–Kier alpha value is -5.04. The molecule has 42 heavy (non-hydrogen) atoms. The van der Waals surface area contributed by atoms with Crippen molar-refractivity contribution in [3.63, 3.8) is 0 Å². The van der Waals surface area contributed by atoms with Crippen molar-refractivity contribution in [1.29, 1.82) is 0 Å². The van der Waals surface area contributed by atoms with Crippen molar-refractivity contribution < 1.29 is 14.3 Å². The second-order valence-electron chi connectivity index (χ2n) is 10.6. The van der Waals surface area contributed by atoms with Gasteiger partial charge in [0.2, 0.25) is 11.8 Å². The van der Waals surface area contributed by atoms with Crippen LogP contribution in [0.15, 0.2) is 91.5 Å². The third-order valence-electron chi connectivity index (χ3n) is 7.72. The number of aromatic nitrogens is 2. The van der Waals surface area contributed by atoms with Crippen molar-refractivity contribution in [2.45, 2.75) is 38.5 Å². The zero-order valence-electron chi connectivity index (χ0n) is 23.5. The lowest BCUT2D eigenvalue weighted by Crippen LogP contribution is -2.09. The summed E-state index contributed by atoms with van der Waals surface area (Å²) in [6.07, 6.45) is 12.1. The highest BCUT2D eigenvalue weighted by molar-refractivity contribution is 5.97. The first-order chi connectivity index (χ1) is 20.6. The lowest BCUT2D eigenvalue weighted by atomic mass is 9.97. The van der Waals surface area contributed by atoms with Crippen molar-refractivity contribution in [3.05, 3.63) is 103 Å². The quantitative estimate of drug-likeness (QED) is 0.245. The summed E-state index contributed by atoms with van der Waals surface area (Å²) >= 11 is 0. The maximum absolute atomic E-state index is 11.7. The maximum Gasteiger partial charge on any atom is 0.224 e. The van der Waals surface area contributed by atoms with E-state index in [1.165, 1.54) is 16.5 Å². The molecule has 3 aromatic carbocycles. The smallest absolute Gasteiger partial charge is 0.224 e. The number of carbonyl (C=O) groups excluding carboxylic acids is 2. The van der Waals surface area contributed by atoms with Crippen LogP contribution < -0.4 is 15.4 Å². The molecule has 0 atom stereocenters. The van der Waals surface area contributed by atoms with Crippen molar-refractivity contribution >= 4 is 34.0 Å². The van der Waals surface area contributed by atoms with Gasteiger partial charge in [-0.3, -0.25) is 19.6 Å². The lowest BCUT2D eigenvalue weighted by molar-refractivity contribution is -0.117. The molecule has 7 nitrogen and oxygen atoms in total. The molecule has 0 fully saturated rings. The fourth-order valence-electron chi connectivity index (χ4n) is 5.53. The van der Waals surface area contributed by atoms with E-state index in [2.05, 4.69) is 57.0 Å². The van der Waals surface area contributed by atoms with Crippen molar-refractivity contribution in [1.82, 2.24) is 9.97 Å². The summed E-state index contributed by atoms with van der Waals surface area (Å²) in [6.45, 7) is 0. The number of ether oxygens (including phenoxy) is 1. The molecule has 0 saturated heterocycles. The van der Waals surface area contributed by atoms with E-state index in [-0.39, 0.29) is 11.8 Å². The molecule has 2 aromatic heterocycles. The van der Waals surface area contributed by atoms with Gasteiger partial charge in [0.1, 0.15) is 5.75 Å². The van der Waals surface area contributed by atoms with Gasteiger partial charge in [0.15, 0.2) is 0 Å². The van der Waals surface area contributed by atoms with Crippen LogP contribution in [0.25, 0.3) is 33.0 Å². The zero-order valence-corrected chi connectivity index (χ0v) is 23.5. The van der Waals surface area contributed by atoms with E-state index in [4.69, 9.17) is 4.74 Å². The van der Waals surface area contributed by atoms with E-state index < -0.39 is 0 Å². The van der Waals surface area contributed by atoms with Crippen LogP contribution in [-0.2, 0) is 22.4 Å². The SMILES string of the molecule is COc1cncc(-c2ccc3c(c2)CCCC(=O)N3)c1.O=C1CCCc2cc(-c3cncc4ccccc34)ccc2N1. The lowest BCUT2D eigenvalue weighted by Gasteiger charge is -2.11. The summed E-state index contributed by atoms with van der Waals surface area (Å²) in [5, 5.41) is 8.27. The molecule has 2 N–H and O–H groups in total. The van der Waals surface area contributed by atoms with Gasteiger partial charge in [-0.15, -0.1) is 0 Å². The standard InChI is InChI=1S/C19H16N2O.C16H16N2O2/c22-19-7-3-5-14-10-13(8-9-18(14)21-19)17-12-20-11-15-4-1-2-6-16(15)17;1-20-14-8-13(9-17-10-14)11-5-6-15-12(7-11)3-2-4-16(19)18-15/h1-2,4,6,8-12H,3,5,7H2,(H,21,22);5-10H,2-4H2,1H3,(H,18,19). The van der Waals surface area contributed by atoms with Gasteiger partial charge in [-0.25, -0.2) is 0 Å². The number of nitrogens with zero attached hydrogens (tertiary/aromatic N) is 2. The van der Waals surface area contributed by atoms with Crippen LogP contribution in [0.5, 0.6) is 5.75 Å². The molecule has 0 spiro atoms. The average Bonchev–Trinajstić information content (AvgIpc) is 3.33. The molecule has 2 aliphatic heterocycles. The number of pyridine rings is 2. The van der Waals surface area contributed by atoms with E-state index >= 15 is 0 Å².